The van der Waals surface area contributed by atoms with Gasteiger partial charge in [0.15, 0.2) is 0 Å². The molecule has 1 aromatic carbocycles. The van der Waals surface area contributed by atoms with Gasteiger partial charge in [-0.05, 0) is 31.1 Å². The highest BCUT2D eigenvalue weighted by Crippen LogP contribution is 2.51. The molecule has 0 amide bonds. The van der Waals surface area contributed by atoms with Crippen LogP contribution in [0.3, 0.4) is 0 Å². The third kappa shape index (κ3) is 1.09. The minimum absolute atomic E-state index is 0.364. The van der Waals surface area contributed by atoms with Gasteiger partial charge in [-0.1, -0.05) is 30.7 Å². The van der Waals surface area contributed by atoms with Gasteiger partial charge in [0.1, 0.15) is 0 Å². The zero-order valence-corrected chi connectivity index (χ0v) is 13.0. The fraction of sp³-hybridized carbons (Fsp3) is 0.286. The summed E-state index contributed by atoms with van der Waals surface area (Å²) < 4.78 is 1.45. The van der Waals surface area contributed by atoms with Gasteiger partial charge in [0.2, 0.25) is 0 Å². The van der Waals surface area contributed by atoms with Crippen LogP contribution in [0.2, 0.25) is 0 Å². The molecule has 0 bridgehead atoms. The van der Waals surface area contributed by atoms with Crippen LogP contribution in [-0.2, 0) is 5.04 Å². The summed E-state index contributed by atoms with van der Waals surface area (Å²) in [4.78, 5) is 1.61. The Morgan fingerprint density at radius 1 is 1.19 bits per heavy atom. The number of allylic oxidation sites excluding steroid dienone is 2. The summed E-state index contributed by atoms with van der Waals surface area (Å²) in [5.41, 5.74) is 4.65. The van der Waals surface area contributed by atoms with E-state index in [1.54, 1.807) is 10.5 Å². The van der Waals surface area contributed by atoms with Crippen molar-refractivity contribution in [1.82, 2.24) is 0 Å². The SMILES string of the molecule is CC1=C(C)C(C)([SiH3])c2sc3ccccc3c21. The Hall–Kier alpha value is -0.863. The predicted molar refractivity (Wildman–Crippen MR) is 77.4 cm³/mol. The highest BCUT2D eigenvalue weighted by Gasteiger charge is 2.36. The van der Waals surface area contributed by atoms with Crippen LogP contribution in [-0.4, -0.2) is 10.2 Å². The molecule has 3 rings (SSSR count). The standard InChI is InChI=1S/C14H16SSi/c1-8-9(2)14(3,16)13-12(8)10-6-4-5-7-11(10)15-13/h4-7H,1-3,16H3. The average molecular weight is 244 g/mol. The minimum atomic E-state index is 0.364. The Labute approximate surface area is 103 Å². The van der Waals surface area contributed by atoms with Gasteiger partial charge in [-0.2, -0.15) is 0 Å². The largest absolute Gasteiger partial charge is 0.139 e. The second-order valence-corrected chi connectivity index (χ2v) is 8.23. The van der Waals surface area contributed by atoms with Gasteiger partial charge < -0.3 is 0 Å². The van der Waals surface area contributed by atoms with Crippen LogP contribution in [0.25, 0.3) is 15.7 Å². The van der Waals surface area contributed by atoms with Gasteiger partial charge in [-0.15, -0.1) is 11.3 Å². The monoisotopic (exact) mass is 244 g/mol. The first-order valence-electron chi connectivity index (χ1n) is 5.74. The minimum Gasteiger partial charge on any atom is -0.139 e. The Morgan fingerprint density at radius 3 is 2.62 bits per heavy atom. The smallest absolute Gasteiger partial charge is 0.0352 e. The third-order valence-corrected chi connectivity index (χ3v) is 7.14. The molecule has 0 aliphatic heterocycles. The highest BCUT2D eigenvalue weighted by molar-refractivity contribution is 7.20. The van der Waals surface area contributed by atoms with Gasteiger partial charge >= 0.3 is 0 Å². The average Bonchev–Trinajstić information content (AvgIpc) is 2.72. The molecule has 0 nitrogen and oxygen atoms in total. The van der Waals surface area contributed by atoms with Crippen molar-refractivity contribution in [2.75, 3.05) is 0 Å². The van der Waals surface area contributed by atoms with Gasteiger partial charge in [-0.3, -0.25) is 0 Å². The second-order valence-electron chi connectivity index (χ2n) is 5.18. The van der Waals surface area contributed by atoms with Crippen molar-refractivity contribution in [3.8, 4) is 0 Å². The normalized spacial score (nSPS) is 24.4. The van der Waals surface area contributed by atoms with Crippen LogP contribution in [0.4, 0.5) is 0 Å². The molecule has 2 aromatic rings. The Bertz CT molecular complexity index is 617. The molecule has 2 heteroatoms. The molecular formula is C14H16SSi. The van der Waals surface area contributed by atoms with Gasteiger partial charge in [0, 0.05) is 30.2 Å². The van der Waals surface area contributed by atoms with Crippen molar-refractivity contribution in [3.05, 3.63) is 40.3 Å². The van der Waals surface area contributed by atoms with E-state index in [1.165, 1.54) is 31.5 Å². The molecule has 1 heterocycles. The van der Waals surface area contributed by atoms with Crippen molar-refractivity contribution in [1.29, 1.82) is 0 Å². The summed E-state index contributed by atoms with van der Waals surface area (Å²) >= 11 is 1.99. The van der Waals surface area contributed by atoms with E-state index < -0.39 is 0 Å². The van der Waals surface area contributed by atoms with E-state index in [2.05, 4.69) is 45.0 Å². The Kier molecular flexibility index (Phi) is 1.98. The lowest BCUT2D eigenvalue weighted by Crippen LogP contribution is -2.19. The van der Waals surface area contributed by atoms with Crippen molar-refractivity contribution in [2.24, 2.45) is 0 Å². The van der Waals surface area contributed by atoms with E-state index in [4.69, 9.17) is 0 Å². The second kappa shape index (κ2) is 3.08. The van der Waals surface area contributed by atoms with Crippen molar-refractivity contribution < 1.29 is 0 Å². The summed E-state index contributed by atoms with van der Waals surface area (Å²) in [6, 6.07) is 8.81. The first kappa shape index (κ1) is 10.3. The Morgan fingerprint density at radius 2 is 1.88 bits per heavy atom. The van der Waals surface area contributed by atoms with Crippen LogP contribution >= 0.6 is 11.3 Å². The van der Waals surface area contributed by atoms with Crippen LogP contribution in [0.15, 0.2) is 29.8 Å². The van der Waals surface area contributed by atoms with E-state index in [-0.39, 0.29) is 0 Å². The number of fused-ring (bicyclic) bond motifs is 3. The molecule has 1 aromatic heterocycles. The molecule has 82 valence electrons. The summed E-state index contributed by atoms with van der Waals surface area (Å²) in [5, 5.41) is 1.82. The topological polar surface area (TPSA) is 0 Å². The maximum Gasteiger partial charge on any atom is 0.0352 e. The summed E-state index contributed by atoms with van der Waals surface area (Å²) in [6.07, 6.45) is 0. The molecule has 0 N–H and O–H groups in total. The zero-order chi connectivity index (χ0) is 11.5. The number of thiophene rings is 1. The lowest BCUT2D eigenvalue weighted by Gasteiger charge is -2.20. The molecule has 1 unspecified atom stereocenters. The number of hydrogen-bond donors (Lipinski definition) is 0. The number of rotatable bonds is 0. The summed E-state index contributed by atoms with van der Waals surface area (Å²) in [5.74, 6) is 0. The fourth-order valence-electron chi connectivity index (χ4n) is 2.68. The van der Waals surface area contributed by atoms with E-state index in [1.807, 2.05) is 11.3 Å². The fourth-order valence-corrected chi connectivity index (χ4v) is 5.04. The van der Waals surface area contributed by atoms with Crippen molar-refractivity contribution in [3.63, 3.8) is 0 Å². The van der Waals surface area contributed by atoms with E-state index in [0.29, 0.717) is 5.04 Å². The third-order valence-electron chi connectivity index (χ3n) is 4.04. The maximum absolute atomic E-state index is 2.40. The Balaban J connectivity index is 2.47. The van der Waals surface area contributed by atoms with Crippen LogP contribution in [0.1, 0.15) is 31.2 Å². The van der Waals surface area contributed by atoms with E-state index in [9.17, 15) is 0 Å². The molecule has 1 aliphatic rings. The van der Waals surface area contributed by atoms with E-state index >= 15 is 0 Å². The summed E-state index contributed by atoms with van der Waals surface area (Å²) in [7, 11) is 1.20. The molecule has 0 spiro atoms. The molecule has 0 radical (unpaired) electrons. The van der Waals surface area contributed by atoms with Gasteiger partial charge in [0.05, 0.1) is 0 Å². The van der Waals surface area contributed by atoms with E-state index in [0.717, 1.165) is 0 Å². The van der Waals surface area contributed by atoms with Crippen LogP contribution < -0.4 is 0 Å². The molecule has 0 saturated heterocycles. The highest BCUT2D eigenvalue weighted by atomic mass is 32.1. The number of hydrogen-bond acceptors (Lipinski definition) is 1. The maximum atomic E-state index is 2.40. The summed E-state index contributed by atoms with van der Waals surface area (Å²) in [6.45, 7) is 7.00. The molecular weight excluding hydrogens is 228 g/mol. The molecule has 1 atom stereocenters. The molecule has 0 saturated carbocycles. The number of benzene rings is 1. The quantitative estimate of drug-likeness (QED) is 0.624. The molecule has 0 fully saturated rings. The van der Waals surface area contributed by atoms with Crippen molar-refractivity contribution in [2.45, 2.75) is 25.8 Å². The predicted octanol–water partition coefficient (Wildman–Crippen LogP) is 3.29. The van der Waals surface area contributed by atoms with Crippen LogP contribution in [0.5, 0.6) is 0 Å². The lowest BCUT2D eigenvalue weighted by molar-refractivity contribution is 0.837. The van der Waals surface area contributed by atoms with Crippen molar-refractivity contribution >= 4 is 37.2 Å². The van der Waals surface area contributed by atoms with Gasteiger partial charge in [0.25, 0.3) is 0 Å². The van der Waals surface area contributed by atoms with Gasteiger partial charge in [-0.25, -0.2) is 0 Å². The first-order valence-corrected chi connectivity index (χ1v) is 7.55. The first-order chi connectivity index (χ1) is 7.53. The van der Waals surface area contributed by atoms with Crippen LogP contribution in [0, 0.1) is 0 Å². The molecule has 16 heavy (non-hydrogen) atoms. The lowest BCUT2D eigenvalue weighted by atomic mass is 10.0. The molecule has 1 aliphatic carbocycles. The zero-order valence-electron chi connectivity index (χ0n) is 10.2.